The fraction of sp³-hybridized carbons (Fsp3) is 0.375. The van der Waals surface area contributed by atoms with Gasteiger partial charge in [0.1, 0.15) is 11.4 Å². The standard InChI is InChI=1S/C16H19N5O3/c1-11-14(20-24-19-11)9-15(22)18-10-12-3-5-13(6-4-12)21-8-2-7-17-16(21)23/h3-6H,2,7-10H2,1H3,(H,17,23)(H,18,22). The molecule has 0 aliphatic carbocycles. The van der Waals surface area contributed by atoms with Gasteiger partial charge in [-0.05, 0) is 31.0 Å². The molecule has 0 spiro atoms. The number of carbonyl (C=O) groups excluding carboxylic acids is 2. The molecule has 1 aliphatic heterocycles. The Morgan fingerprint density at radius 2 is 2.12 bits per heavy atom. The van der Waals surface area contributed by atoms with Gasteiger partial charge >= 0.3 is 6.03 Å². The molecule has 0 unspecified atom stereocenters. The molecule has 1 saturated heterocycles. The van der Waals surface area contributed by atoms with Crippen molar-refractivity contribution in [3.63, 3.8) is 0 Å². The number of amides is 3. The van der Waals surface area contributed by atoms with Gasteiger partial charge in [-0.1, -0.05) is 22.4 Å². The van der Waals surface area contributed by atoms with Gasteiger partial charge in [0.25, 0.3) is 0 Å². The van der Waals surface area contributed by atoms with E-state index in [1.807, 2.05) is 24.3 Å². The van der Waals surface area contributed by atoms with Crippen LogP contribution < -0.4 is 15.5 Å². The number of aryl methyl sites for hydroxylation is 1. The van der Waals surface area contributed by atoms with Crippen LogP contribution in [0.2, 0.25) is 0 Å². The van der Waals surface area contributed by atoms with Crippen LogP contribution in [0.4, 0.5) is 10.5 Å². The molecule has 8 nitrogen and oxygen atoms in total. The minimum Gasteiger partial charge on any atom is -0.352 e. The van der Waals surface area contributed by atoms with E-state index in [-0.39, 0.29) is 18.4 Å². The van der Waals surface area contributed by atoms with Gasteiger partial charge < -0.3 is 10.6 Å². The molecular weight excluding hydrogens is 310 g/mol. The van der Waals surface area contributed by atoms with Gasteiger partial charge in [0.05, 0.1) is 6.42 Å². The van der Waals surface area contributed by atoms with E-state index < -0.39 is 0 Å². The first-order valence-electron chi connectivity index (χ1n) is 7.82. The number of aromatic nitrogens is 2. The van der Waals surface area contributed by atoms with Gasteiger partial charge in [-0.15, -0.1) is 0 Å². The lowest BCUT2D eigenvalue weighted by Crippen LogP contribution is -2.46. The fourth-order valence-electron chi connectivity index (χ4n) is 2.49. The minimum atomic E-state index is -0.145. The van der Waals surface area contributed by atoms with Crippen LogP contribution in [0.1, 0.15) is 23.4 Å². The van der Waals surface area contributed by atoms with Crippen LogP contribution in [0.5, 0.6) is 0 Å². The topological polar surface area (TPSA) is 100 Å². The average molecular weight is 329 g/mol. The molecule has 0 saturated carbocycles. The van der Waals surface area contributed by atoms with Gasteiger partial charge in [0.15, 0.2) is 0 Å². The second-order valence-electron chi connectivity index (χ2n) is 5.65. The number of carbonyl (C=O) groups is 2. The maximum Gasteiger partial charge on any atom is 0.321 e. The van der Waals surface area contributed by atoms with E-state index in [4.69, 9.17) is 0 Å². The molecule has 1 fully saturated rings. The number of hydrogen-bond acceptors (Lipinski definition) is 5. The summed E-state index contributed by atoms with van der Waals surface area (Å²) in [5, 5.41) is 13.0. The smallest absolute Gasteiger partial charge is 0.321 e. The largest absolute Gasteiger partial charge is 0.352 e. The van der Waals surface area contributed by atoms with Crippen molar-refractivity contribution >= 4 is 17.6 Å². The Kier molecular flexibility index (Phi) is 4.74. The second kappa shape index (κ2) is 7.12. The summed E-state index contributed by atoms with van der Waals surface area (Å²) in [5.41, 5.74) is 2.97. The Morgan fingerprint density at radius 1 is 1.33 bits per heavy atom. The zero-order valence-electron chi connectivity index (χ0n) is 13.4. The predicted octanol–water partition coefficient (Wildman–Crippen LogP) is 1.16. The molecule has 0 atom stereocenters. The van der Waals surface area contributed by atoms with Crippen molar-refractivity contribution < 1.29 is 14.2 Å². The zero-order valence-corrected chi connectivity index (χ0v) is 13.4. The molecule has 2 aromatic rings. The van der Waals surface area contributed by atoms with Crippen molar-refractivity contribution in [2.45, 2.75) is 26.3 Å². The second-order valence-corrected chi connectivity index (χ2v) is 5.65. The zero-order chi connectivity index (χ0) is 16.9. The van der Waals surface area contributed by atoms with Crippen LogP contribution in [0, 0.1) is 6.92 Å². The van der Waals surface area contributed by atoms with Crippen molar-refractivity contribution in [2.75, 3.05) is 18.0 Å². The lowest BCUT2D eigenvalue weighted by molar-refractivity contribution is -0.120. The Labute approximate surface area is 139 Å². The van der Waals surface area contributed by atoms with Crippen LogP contribution in [-0.2, 0) is 17.8 Å². The number of hydrogen-bond donors (Lipinski definition) is 2. The number of rotatable bonds is 5. The summed E-state index contributed by atoms with van der Waals surface area (Å²) in [5.74, 6) is -0.145. The van der Waals surface area contributed by atoms with Crippen molar-refractivity contribution in [1.82, 2.24) is 20.9 Å². The van der Waals surface area contributed by atoms with E-state index in [9.17, 15) is 9.59 Å². The van der Waals surface area contributed by atoms with E-state index in [1.165, 1.54) is 0 Å². The fourth-order valence-corrected chi connectivity index (χ4v) is 2.49. The quantitative estimate of drug-likeness (QED) is 0.857. The molecule has 2 N–H and O–H groups in total. The van der Waals surface area contributed by atoms with Crippen LogP contribution >= 0.6 is 0 Å². The molecular formula is C16H19N5O3. The Morgan fingerprint density at radius 3 is 2.79 bits per heavy atom. The summed E-state index contributed by atoms with van der Waals surface area (Å²) < 4.78 is 4.57. The summed E-state index contributed by atoms with van der Waals surface area (Å²) in [7, 11) is 0. The van der Waals surface area contributed by atoms with Crippen molar-refractivity contribution in [1.29, 1.82) is 0 Å². The number of nitrogens with zero attached hydrogens (tertiary/aromatic N) is 3. The maximum absolute atomic E-state index is 11.9. The highest BCUT2D eigenvalue weighted by atomic mass is 16.6. The molecule has 2 heterocycles. The number of benzene rings is 1. The average Bonchev–Trinajstić information content (AvgIpc) is 2.99. The SMILES string of the molecule is Cc1nonc1CC(=O)NCc1ccc(N2CCCNC2=O)cc1. The molecule has 24 heavy (non-hydrogen) atoms. The van der Waals surface area contributed by atoms with E-state index in [2.05, 4.69) is 25.6 Å². The van der Waals surface area contributed by atoms with Gasteiger partial charge in [0, 0.05) is 25.3 Å². The molecule has 126 valence electrons. The highest BCUT2D eigenvalue weighted by Gasteiger charge is 2.18. The van der Waals surface area contributed by atoms with Crippen molar-refractivity contribution in [3.8, 4) is 0 Å². The molecule has 3 rings (SSSR count). The summed E-state index contributed by atoms with van der Waals surface area (Å²) in [6.07, 6.45) is 1.07. The third-order valence-electron chi connectivity index (χ3n) is 3.89. The lowest BCUT2D eigenvalue weighted by Gasteiger charge is -2.27. The van der Waals surface area contributed by atoms with E-state index in [0.29, 0.717) is 24.5 Å². The molecule has 1 aliphatic rings. The molecule has 8 heteroatoms. The monoisotopic (exact) mass is 329 g/mol. The molecule has 1 aromatic carbocycles. The lowest BCUT2D eigenvalue weighted by atomic mass is 10.1. The van der Waals surface area contributed by atoms with Crippen LogP contribution in [0.3, 0.4) is 0 Å². The number of urea groups is 1. The predicted molar refractivity (Wildman–Crippen MR) is 86.4 cm³/mol. The van der Waals surface area contributed by atoms with Crippen LogP contribution in [0.15, 0.2) is 28.9 Å². The number of nitrogens with one attached hydrogen (secondary N) is 2. The Bertz CT molecular complexity index is 726. The first kappa shape index (κ1) is 16.0. The van der Waals surface area contributed by atoms with E-state index in [1.54, 1.807) is 11.8 Å². The van der Waals surface area contributed by atoms with Gasteiger partial charge in [-0.2, -0.15) is 0 Å². The highest BCUT2D eigenvalue weighted by molar-refractivity contribution is 5.92. The summed E-state index contributed by atoms with van der Waals surface area (Å²) in [6, 6.07) is 7.51. The van der Waals surface area contributed by atoms with Crippen molar-refractivity contribution in [3.05, 3.63) is 41.2 Å². The Balaban J connectivity index is 1.53. The maximum atomic E-state index is 11.9. The molecule has 1 aromatic heterocycles. The third-order valence-corrected chi connectivity index (χ3v) is 3.89. The number of anilines is 1. The Hall–Kier alpha value is -2.90. The summed E-state index contributed by atoms with van der Waals surface area (Å²) >= 11 is 0. The molecule has 0 radical (unpaired) electrons. The van der Waals surface area contributed by atoms with E-state index >= 15 is 0 Å². The van der Waals surface area contributed by atoms with Gasteiger partial charge in [-0.3, -0.25) is 9.69 Å². The summed E-state index contributed by atoms with van der Waals surface area (Å²) in [4.78, 5) is 25.4. The normalized spacial score (nSPS) is 14.4. The van der Waals surface area contributed by atoms with Gasteiger partial charge in [-0.25, -0.2) is 9.42 Å². The van der Waals surface area contributed by atoms with Crippen LogP contribution in [-0.4, -0.2) is 35.3 Å². The molecule has 0 bridgehead atoms. The highest BCUT2D eigenvalue weighted by Crippen LogP contribution is 2.17. The van der Waals surface area contributed by atoms with Crippen LogP contribution in [0.25, 0.3) is 0 Å². The summed E-state index contributed by atoms with van der Waals surface area (Å²) in [6.45, 7) is 3.59. The third kappa shape index (κ3) is 3.70. The van der Waals surface area contributed by atoms with E-state index in [0.717, 1.165) is 24.2 Å². The minimum absolute atomic E-state index is 0.0705. The molecule has 3 amide bonds. The first-order valence-corrected chi connectivity index (χ1v) is 7.82. The van der Waals surface area contributed by atoms with Gasteiger partial charge in [0.2, 0.25) is 5.91 Å². The van der Waals surface area contributed by atoms with Crippen molar-refractivity contribution in [2.24, 2.45) is 0 Å². The first-order chi connectivity index (χ1) is 11.6.